The summed E-state index contributed by atoms with van der Waals surface area (Å²) in [5.74, 6) is 0.195. The predicted molar refractivity (Wildman–Crippen MR) is 101 cm³/mol. The van der Waals surface area contributed by atoms with E-state index in [4.69, 9.17) is 23.2 Å². The van der Waals surface area contributed by atoms with Gasteiger partial charge in [-0.3, -0.25) is 19.7 Å². The van der Waals surface area contributed by atoms with Gasteiger partial charge in [-0.1, -0.05) is 23.2 Å². The highest BCUT2D eigenvalue weighted by Crippen LogP contribution is 2.26. The Morgan fingerprint density at radius 1 is 1.23 bits per heavy atom. The third kappa shape index (κ3) is 4.90. The Bertz CT molecular complexity index is 748. The molecule has 1 aliphatic heterocycles. The molecule has 0 bridgehead atoms. The Morgan fingerprint density at radius 2 is 2.00 bits per heavy atom. The topological polar surface area (TPSA) is 71.0 Å². The lowest BCUT2D eigenvalue weighted by Crippen LogP contribution is -2.40. The van der Waals surface area contributed by atoms with Crippen molar-refractivity contribution in [3.05, 3.63) is 51.8 Å². The van der Waals surface area contributed by atoms with Crippen molar-refractivity contribution in [2.24, 2.45) is 5.92 Å². The first-order valence-corrected chi connectivity index (χ1v) is 9.35. The van der Waals surface area contributed by atoms with Crippen LogP contribution in [0.4, 0.5) is 0 Å². The molecule has 0 radical (unpaired) electrons. The molecule has 138 valence electrons. The molecule has 0 saturated carbocycles. The minimum Gasteiger partial charge on any atom is -0.350 e. The highest BCUT2D eigenvalue weighted by Gasteiger charge is 2.22. The minimum absolute atomic E-state index is 0.185. The molecule has 0 spiro atoms. The number of carbonyl (C=O) groups is 1. The van der Waals surface area contributed by atoms with Gasteiger partial charge in [-0.15, -0.1) is 0 Å². The predicted octanol–water partition coefficient (Wildman–Crippen LogP) is 3.13. The summed E-state index contributed by atoms with van der Waals surface area (Å²) in [5.41, 5.74) is 2.04. The van der Waals surface area contributed by atoms with Crippen LogP contribution in [0.25, 0.3) is 0 Å². The van der Waals surface area contributed by atoms with Crippen molar-refractivity contribution in [1.82, 2.24) is 25.2 Å². The average molecular weight is 394 g/mol. The SMILES string of the molecule is Cc1cnc(C(=O)NCC2CCCN(Cc3c(Cl)cncc3Cl)C2)cn1. The standard InChI is InChI=1S/C18H21Cl2N5O/c1-12-5-23-17(9-22-12)18(26)24-6-13-3-2-4-25(10-13)11-14-15(19)7-21-8-16(14)20/h5,7-9,13H,2-4,6,10-11H2,1H3,(H,24,26). The van der Waals surface area contributed by atoms with Gasteiger partial charge in [0.15, 0.2) is 0 Å². The number of halogens is 2. The average Bonchev–Trinajstić information content (AvgIpc) is 2.64. The van der Waals surface area contributed by atoms with Gasteiger partial charge in [-0.25, -0.2) is 4.98 Å². The number of nitrogens with zero attached hydrogens (tertiary/aromatic N) is 4. The molecular weight excluding hydrogens is 373 g/mol. The van der Waals surface area contributed by atoms with Gasteiger partial charge in [0, 0.05) is 43.8 Å². The van der Waals surface area contributed by atoms with Crippen LogP contribution in [-0.4, -0.2) is 45.4 Å². The van der Waals surface area contributed by atoms with E-state index in [0.29, 0.717) is 34.7 Å². The van der Waals surface area contributed by atoms with E-state index >= 15 is 0 Å². The normalized spacial score (nSPS) is 17.9. The van der Waals surface area contributed by atoms with Gasteiger partial charge < -0.3 is 5.32 Å². The Kier molecular flexibility index (Phi) is 6.40. The highest BCUT2D eigenvalue weighted by molar-refractivity contribution is 6.35. The fourth-order valence-corrected chi connectivity index (χ4v) is 3.60. The van der Waals surface area contributed by atoms with Crippen LogP contribution in [-0.2, 0) is 6.54 Å². The third-order valence-corrected chi connectivity index (χ3v) is 5.15. The Morgan fingerprint density at radius 3 is 2.69 bits per heavy atom. The molecule has 1 N–H and O–H groups in total. The molecule has 1 amide bonds. The Hall–Kier alpha value is -1.76. The summed E-state index contributed by atoms with van der Waals surface area (Å²) < 4.78 is 0. The summed E-state index contributed by atoms with van der Waals surface area (Å²) in [5, 5.41) is 4.14. The number of aryl methyl sites for hydroxylation is 1. The number of carbonyl (C=O) groups excluding carboxylic acids is 1. The first kappa shape index (κ1) is 19.0. The number of hydrogen-bond donors (Lipinski definition) is 1. The summed E-state index contributed by atoms with van der Waals surface area (Å²) in [6.07, 6.45) is 8.49. The first-order chi connectivity index (χ1) is 12.5. The summed E-state index contributed by atoms with van der Waals surface area (Å²) in [4.78, 5) is 26.7. The zero-order valence-corrected chi connectivity index (χ0v) is 16.1. The lowest BCUT2D eigenvalue weighted by molar-refractivity contribution is 0.0925. The van der Waals surface area contributed by atoms with Crippen molar-refractivity contribution in [1.29, 1.82) is 0 Å². The number of hydrogen-bond acceptors (Lipinski definition) is 5. The fourth-order valence-electron chi connectivity index (χ4n) is 3.11. The van der Waals surface area contributed by atoms with Crippen LogP contribution >= 0.6 is 23.2 Å². The van der Waals surface area contributed by atoms with Crippen molar-refractivity contribution in [2.75, 3.05) is 19.6 Å². The smallest absolute Gasteiger partial charge is 0.271 e. The number of pyridine rings is 1. The van der Waals surface area contributed by atoms with Crippen molar-refractivity contribution in [3.63, 3.8) is 0 Å². The molecule has 8 heteroatoms. The molecule has 2 aromatic rings. The molecule has 3 rings (SSSR count). The molecule has 1 aliphatic rings. The molecule has 1 unspecified atom stereocenters. The lowest BCUT2D eigenvalue weighted by Gasteiger charge is -2.33. The van der Waals surface area contributed by atoms with Gasteiger partial charge in [0.05, 0.1) is 21.9 Å². The number of likely N-dealkylation sites (tertiary alicyclic amines) is 1. The quantitative estimate of drug-likeness (QED) is 0.844. The molecule has 0 aromatic carbocycles. The van der Waals surface area contributed by atoms with Crippen LogP contribution in [0.1, 0.15) is 34.6 Å². The number of aromatic nitrogens is 3. The number of nitrogens with one attached hydrogen (secondary N) is 1. The second kappa shape index (κ2) is 8.75. The van der Waals surface area contributed by atoms with E-state index in [9.17, 15) is 4.79 Å². The van der Waals surface area contributed by atoms with Gasteiger partial charge in [-0.2, -0.15) is 0 Å². The van der Waals surface area contributed by atoms with E-state index in [0.717, 1.165) is 37.2 Å². The molecular formula is C18H21Cl2N5O. The van der Waals surface area contributed by atoms with Gasteiger partial charge in [0.2, 0.25) is 0 Å². The number of piperidine rings is 1. The van der Waals surface area contributed by atoms with E-state index in [1.807, 2.05) is 6.92 Å². The maximum Gasteiger partial charge on any atom is 0.271 e. The van der Waals surface area contributed by atoms with Crippen LogP contribution in [0.15, 0.2) is 24.8 Å². The summed E-state index contributed by atoms with van der Waals surface area (Å²) >= 11 is 12.4. The molecule has 0 aliphatic carbocycles. The number of rotatable bonds is 5. The molecule has 2 aromatic heterocycles. The fraction of sp³-hybridized carbons (Fsp3) is 0.444. The van der Waals surface area contributed by atoms with Crippen LogP contribution in [0.2, 0.25) is 10.0 Å². The summed E-state index contributed by atoms with van der Waals surface area (Å²) in [6, 6.07) is 0. The molecule has 6 nitrogen and oxygen atoms in total. The third-order valence-electron chi connectivity index (χ3n) is 4.50. The molecule has 1 fully saturated rings. The lowest BCUT2D eigenvalue weighted by atomic mass is 9.97. The van der Waals surface area contributed by atoms with Crippen LogP contribution in [0.5, 0.6) is 0 Å². The molecule has 1 saturated heterocycles. The molecule has 26 heavy (non-hydrogen) atoms. The van der Waals surface area contributed by atoms with E-state index in [1.54, 1.807) is 18.6 Å². The van der Waals surface area contributed by atoms with E-state index in [2.05, 4.69) is 25.2 Å². The minimum atomic E-state index is -0.185. The van der Waals surface area contributed by atoms with Crippen LogP contribution < -0.4 is 5.32 Å². The van der Waals surface area contributed by atoms with Crippen LogP contribution in [0, 0.1) is 12.8 Å². The second-order valence-electron chi connectivity index (χ2n) is 6.58. The van der Waals surface area contributed by atoms with Gasteiger partial charge in [0.25, 0.3) is 5.91 Å². The van der Waals surface area contributed by atoms with Crippen LogP contribution in [0.3, 0.4) is 0 Å². The monoisotopic (exact) mass is 393 g/mol. The maximum atomic E-state index is 12.2. The zero-order chi connectivity index (χ0) is 18.5. The van der Waals surface area contributed by atoms with Crippen molar-refractivity contribution < 1.29 is 4.79 Å². The summed E-state index contributed by atoms with van der Waals surface area (Å²) in [7, 11) is 0. The van der Waals surface area contributed by atoms with Gasteiger partial charge in [0.1, 0.15) is 5.69 Å². The second-order valence-corrected chi connectivity index (χ2v) is 7.39. The first-order valence-electron chi connectivity index (χ1n) is 8.60. The largest absolute Gasteiger partial charge is 0.350 e. The Balaban J connectivity index is 1.53. The van der Waals surface area contributed by atoms with Crippen molar-refractivity contribution in [3.8, 4) is 0 Å². The van der Waals surface area contributed by atoms with Crippen molar-refractivity contribution in [2.45, 2.75) is 26.3 Å². The van der Waals surface area contributed by atoms with E-state index in [1.165, 1.54) is 6.20 Å². The molecule has 3 heterocycles. The number of amides is 1. The van der Waals surface area contributed by atoms with Gasteiger partial charge in [-0.05, 0) is 32.2 Å². The summed E-state index contributed by atoms with van der Waals surface area (Å²) in [6.45, 7) is 5.01. The van der Waals surface area contributed by atoms with Crippen molar-refractivity contribution >= 4 is 29.1 Å². The van der Waals surface area contributed by atoms with Gasteiger partial charge >= 0.3 is 0 Å². The zero-order valence-electron chi connectivity index (χ0n) is 14.6. The molecule has 1 atom stereocenters. The Labute approximate surface area is 163 Å². The highest BCUT2D eigenvalue weighted by atomic mass is 35.5. The van der Waals surface area contributed by atoms with E-state index < -0.39 is 0 Å². The maximum absolute atomic E-state index is 12.2. The van der Waals surface area contributed by atoms with E-state index in [-0.39, 0.29) is 5.91 Å².